The van der Waals surface area contributed by atoms with Crippen LogP contribution in [0.5, 0.6) is 0 Å². The molecule has 1 fully saturated rings. The van der Waals surface area contributed by atoms with Crippen LogP contribution in [0.15, 0.2) is 24.4 Å². The molecule has 2 amide bonds. The SMILES string of the molecule is CCOC(=O)CNC(=O)CN1C(=O)CSC1c1ccccn1. The fourth-order valence-corrected chi connectivity index (χ4v) is 3.13. The van der Waals surface area contributed by atoms with Crippen LogP contribution in [-0.2, 0) is 19.1 Å². The standard InChI is InChI=1S/C14H17N3O4S/c1-2-21-13(20)7-16-11(18)8-17-12(19)9-22-14(17)10-5-3-4-6-15-10/h3-6,14H,2,7-9H2,1H3,(H,16,18). The number of carbonyl (C=O) groups is 3. The van der Waals surface area contributed by atoms with E-state index < -0.39 is 11.9 Å². The summed E-state index contributed by atoms with van der Waals surface area (Å²) < 4.78 is 4.73. The van der Waals surface area contributed by atoms with E-state index >= 15 is 0 Å². The van der Waals surface area contributed by atoms with Crippen LogP contribution in [-0.4, -0.2) is 53.1 Å². The van der Waals surface area contributed by atoms with Crippen molar-refractivity contribution < 1.29 is 19.1 Å². The highest BCUT2D eigenvalue weighted by Gasteiger charge is 2.34. The number of rotatable bonds is 6. The largest absolute Gasteiger partial charge is 0.465 e. The quantitative estimate of drug-likeness (QED) is 0.759. The maximum Gasteiger partial charge on any atom is 0.325 e. The minimum absolute atomic E-state index is 0.105. The molecule has 0 saturated carbocycles. The second kappa shape index (κ2) is 7.79. The third-order valence-electron chi connectivity index (χ3n) is 2.96. The molecule has 22 heavy (non-hydrogen) atoms. The number of hydrogen-bond donors (Lipinski definition) is 1. The predicted octanol–water partition coefficient (Wildman–Crippen LogP) is 0.335. The minimum atomic E-state index is -0.501. The third kappa shape index (κ3) is 4.20. The number of hydrogen-bond acceptors (Lipinski definition) is 6. The summed E-state index contributed by atoms with van der Waals surface area (Å²) in [5, 5.41) is 2.17. The molecule has 1 atom stereocenters. The molecular weight excluding hydrogens is 306 g/mol. The predicted molar refractivity (Wildman–Crippen MR) is 80.8 cm³/mol. The average molecular weight is 323 g/mol. The van der Waals surface area contributed by atoms with Gasteiger partial charge < -0.3 is 15.0 Å². The number of nitrogens with one attached hydrogen (secondary N) is 1. The van der Waals surface area contributed by atoms with E-state index in [2.05, 4.69) is 10.3 Å². The highest BCUT2D eigenvalue weighted by molar-refractivity contribution is 8.00. The van der Waals surface area contributed by atoms with E-state index in [4.69, 9.17) is 4.74 Å². The molecule has 118 valence electrons. The van der Waals surface area contributed by atoms with Gasteiger partial charge in [0, 0.05) is 6.20 Å². The Morgan fingerprint density at radius 2 is 2.32 bits per heavy atom. The molecule has 1 aliphatic heterocycles. The van der Waals surface area contributed by atoms with Gasteiger partial charge >= 0.3 is 5.97 Å². The van der Waals surface area contributed by atoms with Crippen LogP contribution in [0.3, 0.4) is 0 Å². The Labute approximate surface area is 132 Å². The molecule has 0 aromatic carbocycles. The molecule has 1 unspecified atom stereocenters. The fraction of sp³-hybridized carbons (Fsp3) is 0.429. The van der Waals surface area contributed by atoms with E-state index in [1.807, 2.05) is 12.1 Å². The molecule has 1 saturated heterocycles. The summed E-state index contributed by atoms with van der Waals surface area (Å²) >= 11 is 1.43. The highest BCUT2D eigenvalue weighted by Crippen LogP contribution is 2.37. The Balaban J connectivity index is 1.93. The molecule has 1 aromatic heterocycles. The molecule has 2 rings (SSSR count). The summed E-state index contributed by atoms with van der Waals surface area (Å²) in [4.78, 5) is 40.7. The smallest absolute Gasteiger partial charge is 0.325 e. The lowest BCUT2D eigenvalue weighted by Gasteiger charge is -2.22. The minimum Gasteiger partial charge on any atom is -0.465 e. The van der Waals surface area contributed by atoms with Crippen molar-refractivity contribution in [3.05, 3.63) is 30.1 Å². The van der Waals surface area contributed by atoms with Gasteiger partial charge in [-0.1, -0.05) is 6.07 Å². The van der Waals surface area contributed by atoms with Crippen LogP contribution in [0.4, 0.5) is 0 Å². The molecule has 8 heteroatoms. The van der Waals surface area contributed by atoms with Crippen LogP contribution in [0.2, 0.25) is 0 Å². The first-order valence-electron chi connectivity index (χ1n) is 6.86. The lowest BCUT2D eigenvalue weighted by atomic mass is 10.3. The van der Waals surface area contributed by atoms with Gasteiger partial charge in [0.05, 0.1) is 18.1 Å². The Bertz CT molecular complexity index is 552. The normalized spacial score (nSPS) is 17.4. The van der Waals surface area contributed by atoms with Crippen LogP contribution >= 0.6 is 11.8 Å². The molecule has 0 aliphatic carbocycles. The van der Waals surface area contributed by atoms with Crippen molar-refractivity contribution in [2.24, 2.45) is 0 Å². The van der Waals surface area contributed by atoms with Crippen molar-refractivity contribution in [2.45, 2.75) is 12.3 Å². The van der Waals surface area contributed by atoms with E-state index in [1.165, 1.54) is 16.7 Å². The van der Waals surface area contributed by atoms with Crippen LogP contribution in [0.25, 0.3) is 0 Å². The van der Waals surface area contributed by atoms with Gasteiger partial charge in [-0.05, 0) is 19.1 Å². The van der Waals surface area contributed by atoms with Crippen molar-refractivity contribution in [2.75, 3.05) is 25.4 Å². The zero-order chi connectivity index (χ0) is 15.9. The number of aromatic nitrogens is 1. The monoisotopic (exact) mass is 323 g/mol. The molecule has 2 heterocycles. The van der Waals surface area contributed by atoms with Gasteiger partial charge in [-0.15, -0.1) is 11.8 Å². The zero-order valence-electron chi connectivity index (χ0n) is 12.2. The second-order valence-corrected chi connectivity index (χ2v) is 5.59. The number of nitrogens with zero attached hydrogens (tertiary/aromatic N) is 2. The van der Waals surface area contributed by atoms with E-state index in [9.17, 15) is 14.4 Å². The second-order valence-electron chi connectivity index (χ2n) is 4.52. The van der Waals surface area contributed by atoms with Gasteiger partial charge in [0.1, 0.15) is 18.5 Å². The number of thioether (sulfide) groups is 1. The number of pyridine rings is 1. The molecule has 1 N–H and O–H groups in total. The van der Waals surface area contributed by atoms with Crippen molar-refractivity contribution >= 4 is 29.5 Å². The van der Waals surface area contributed by atoms with Gasteiger partial charge in [0.25, 0.3) is 0 Å². The van der Waals surface area contributed by atoms with Crippen LogP contribution < -0.4 is 5.32 Å². The summed E-state index contributed by atoms with van der Waals surface area (Å²) in [5.74, 6) is -0.706. The summed E-state index contributed by atoms with van der Waals surface area (Å²) in [5.41, 5.74) is 0.733. The van der Waals surface area contributed by atoms with Gasteiger partial charge in [-0.2, -0.15) is 0 Å². The highest BCUT2D eigenvalue weighted by atomic mass is 32.2. The van der Waals surface area contributed by atoms with Crippen LogP contribution in [0.1, 0.15) is 18.0 Å². The summed E-state index contributed by atoms with van der Waals surface area (Å²) in [7, 11) is 0. The first-order valence-corrected chi connectivity index (χ1v) is 7.91. The number of carbonyl (C=O) groups excluding carboxylic acids is 3. The fourth-order valence-electron chi connectivity index (χ4n) is 1.99. The van der Waals surface area contributed by atoms with E-state index in [0.717, 1.165) is 5.69 Å². The lowest BCUT2D eigenvalue weighted by Crippen LogP contribution is -2.41. The molecule has 1 aliphatic rings. The third-order valence-corrected chi connectivity index (χ3v) is 4.18. The number of ether oxygens (including phenoxy) is 1. The Hall–Kier alpha value is -2.09. The van der Waals surface area contributed by atoms with Gasteiger partial charge in [-0.25, -0.2) is 0 Å². The average Bonchev–Trinajstić information content (AvgIpc) is 2.88. The Morgan fingerprint density at radius 3 is 3.00 bits per heavy atom. The summed E-state index contributed by atoms with van der Waals surface area (Å²) in [6.45, 7) is 1.65. The molecular formula is C14H17N3O4S. The van der Waals surface area contributed by atoms with E-state index in [-0.39, 0.29) is 31.0 Å². The van der Waals surface area contributed by atoms with Crippen molar-refractivity contribution in [3.8, 4) is 0 Å². The topological polar surface area (TPSA) is 88.6 Å². The lowest BCUT2D eigenvalue weighted by molar-refractivity contribution is -0.143. The van der Waals surface area contributed by atoms with Gasteiger partial charge in [0.15, 0.2) is 0 Å². The molecule has 0 spiro atoms. The summed E-state index contributed by atoms with van der Waals surface area (Å²) in [6.07, 6.45) is 1.65. The Morgan fingerprint density at radius 1 is 1.50 bits per heavy atom. The van der Waals surface area contributed by atoms with Crippen molar-refractivity contribution in [3.63, 3.8) is 0 Å². The molecule has 0 bridgehead atoms. The Kier molecular flexibility index (Phi) is 5.76. The van der Waals surface area contributed by atoms with E-state index in [1.54, 1.807) is 19.2 Å². The van der Waals surface area contributed by atoms with Crippen molar-refractivity contribution in [1.82, 2.24) is 15.2 Å². The maximum absolute atomic E-state index is 11.9. The first-order chi connectivity index (χ1) is 10.6. The van der Waals surface area contributed by atoms with Gasteiger partial charge in [-0.3, -0.25) is 19.4 Å². The first kappa shape index (κ1) is 16.3. The zero-order valence-corrected chi connectivity index (χ0v) is 13.0. The number of esters is 1. The molecule has 7 nitrogen and oxygen atoms in total. The number of amides is 2. The molecule has 1 aromatic rings. The van der Waals surface area contributed by atoms with E-state index in [0.29, 0.717) is 5.75 Å². The van der Waals surface area contributed by atoms with Crippen LogP contribution in [0, 0.1) is 0 Å². The van der Waals surface area contributed by atoms with Crippen molar-refractivity contribution in [1.29, 1.82) is 0 Å². The van der Waals surface area contributed by atoms with Gasteiger partial charge in [0.2, 0.25) is 11.8 Å². The summed E-state index contributed by atoms with van der Waals surface area (Å²) in [6, 6.07) is 5.45. The maximum atomic E-state index is 11.9. The molecule has 0 radical (unpaired) electrons.